The number of nitrogens with one attached hydrogen (secondary N) is 1. The normalized spacial score (nSPS) is 18.9. The Balaban J connectivity index is 2.20. The minimum atomic E-state index is 0.239. The van der Waals surface area contributed by atoms with Crippen molar-refractivity contribution in [1.82, 2.24) is 5.32 Å². The molecule has 106 valence electrons. The first-order valence-corrected chi connectivity index (χ1v) is 7.58. The zero-order valence-corrected chi connectivity index (χ0v) is 12.5. The van der Waals surface area contributed by atoms with Crippen LogP contribution in [0.4, 0.5) is 0 Å². The van der Waals surface area contributed by atoms with Crippen molar-refractivity contribution in [3.63, 3.8) is 0 Å². The lowest BCUT2D eigenvalue weighted by molar-refractivity contribution is -0.0909. The van der Waals surface area contributed by atoms with Crippen molar-refractivity contribution in [3.05, 3.63) is 35.4 Å². The van der Waals surface area contributed by atoms with Crippen molar-refractivity contribution in [2.24, 2.45) is 5.92 Å². The summed E-state index contributed by atoms with van der Waals surface area (Å²) in [5.74, 6) is 0.656. The molecule has 2 heteroatoms. The standard InChI is InChI=1S/C17H27NO/c1-4-6-14-7-9-16(10-8-14)17(12-19-13-17)15(5-2)11-18-3/h7-10,15,18H,4-6,11-13H2,1-3H3. The molecule has 0 aliphatic carbocycles. The van der Waals surface area contributed by atoms with E-state index in [1.807, 2.05) is 7.05 Å². The van der Waals surface area contributed by atoms with E-state index in [1.54, 1.807) is 0 Å². The fraction of sp³-hybridized carbons (Fsp3) is 0.647. The van der Waals surface area contributed by atoms with Crippen LogP contribution in [0.5, 0.6) is 0 Å². The van der Waals surface area contributed by atoms with Crippen LogP contribution < -0.4 is 5.32 Å². The van der Waals surface area contributed by atoms with Gasteiger partial charge in [-0.3, -0.25) is 0 Å². The highest BCUT2D eigenvalue weighted by Crippen LogP contribution is 2.41. The van der Waals surface area contributed by atoms with E-state index in [0.717, 1.165) is 19.8 Å². The highest BCUT2D eigenvalue weighted by Gasteiger charge is 2.45. The zero-order chi connectivity index (χ0) is 13.7. The van der Waals surface area contributed by atoms with Gasteiger partial charge in [-0.25, -0.2) is 0 Å². The quantitative estimate of drug-likeness (QED) is 0.814. The van der Waals surface area contributed by atoms with Crippen molar-refractivity contribution in [2.75, 3.05) is 26.8 Å². The first-order chi connectivity index (χ1) is 9.26. The van der Waals surface area contributed by atoms with Crippen molar-refractivity contribution in [2.45, 2.75) is 38.5 Å². The Bertz CT molecular complexity index is 381. The Labute approximate surface area is 117 Å². The predicted molar refractivity (Wildman–Crippen MR) is 80.6 cm³/mol. The average molecular weight is 261 g/mol. The Hall–Kier alpha value is -0.860. The lowest BCUT2D eigenvalue weighted by Gasteiger charge is -2.47. The molecule has 1 fully saturated rings. The largest absolute Gasteiger partial charge is 0.379 e. The molecule has 1 unspecified atom stereocenters. The summed E-state index contributed by atoms with van der Waals surface area (Å²) < 4.78 is 5.57. The molecule has 1 aromatic rings. The summed E-state index contributed by atoms with van der Waals surface area (Å²) in [4.78, 5) is 0. The molecule has 1 aliphatic rings. The lowest BCUT2D eigenvalue weighted by atomic mass is 9.67. The van der Waals surface area contributed by atoms with E-state index in [4.69, 9.17) is 4.74 Å². The van der Waals surface area contributed by atoms with Gasteiger partial charge in [0.05, 0.1) is 13.2 Å². The maximum atomic E-state index is 5.57. The first kappa shape index (κ1) is 14.5. The van der Waals surface area contributed by atoms with Gasteiger partial charge in [0.1, 0.15) is 0 Å². The van der Waals surface area contributed by atoms with Crippen LogP contribution in [0.3, 0.4) is 0 Å². The van der Waals surface area contributed by atoms with Crippen LogP contribution in [0, 0.1) is 5.92 Å². The molecule has 0 aromatic heterocycles. The van der Waals surface area contributed by atoms with Crippen molar-refractivity contribution >= 4 is 0 Å². The number of aryl methyl sites for hydroxylation is 1. The SMILES string of the molecule is CCCc1ccc(C2(C(CC)CNC)COC2)cc1. The molecule has 1 N–H and O–H groups in total. The number of hydrogen-bond acceptors (Lipinski definition) is 2. The number of ether oxygens (including phenoxy) is 1. The molecular formula is C17H27NO. The lowest BCUT2D eigenvalue weighted by Crippen LogP contribution is -2.54. The zero-order valence-electron chi connectivity index (χ0n) is 12.5. The van der Waals surface area contributed by atoms with E-state index in [2.05, 4.69) is 43.4 Å². The van der Waals surface area contributed by atoms with Gasteiger partial charge in [0.25, 0.3) is 0 Å². The number of hydrogen-bond donors (Lipinski definition) is 1. The molecule has 1 atom stereocenters. The summed E-state index contributed by atoms with van der Waals surface area (Å²) >= 11 is 0. The molecular weight excluding hydrogens is 234 g/mol. The van der Waals surface area contributed by atoms with Crippen LogP contribution in [-0.4, -0.2) is 26.8 Å². The summed E-state index contributed by atoms with van der Waals surface area (Å²) in [6.07, 6.45) is 3.59. The fourth-order valence-corrected chi connectivity index (χ4v) is 3.23. The second-order valence-corrected chi connectivity index (χ2v) is 5.76. The topological polar surface area (TPSA) is 21.3 Å². The molecule has 1 aromatic carbocycles. The molecule has 0 amide bonds. The van der Waals surface area contributed by atoms with Crippen LogP contribution in [0.15, 0.2) is 24.3 Å². The van der Waals surface area contributed by atoms with Gasteiger partial charge in [-0.05, 0) is 37.1 Å². The highest BCUT2D eigenvalue weighted by atomic mass is 16.5. The molecule has 0 saturated carbocycles. The Morgan fingerprint density at radius 1 is 1.21 bits per heavy atom. The maximum Gasteiger partial charge on any atom is 0.0588 e. The second-order valence-electron chi connectivity index (χ2n) is 5.76. The van der Waals surface area contributed by atoms with Crippen LogP contribution in [0.25, 0.3) is 0 Å². The van der Waals surface area contributed by atoms with Crippen molar-refractivity contribution in [1.29, 1.82) is 0 Å². The third-order valence-electron chi connectivity index (χ3n) is 4.51. The van der Waals surface area contributed by atoms with Crippen LogP contribution in [0.1, 0.15) is 37.8 Å². The summed E-state index contributed by atoms with van der Waals surface area (Å²) in [7, 11) is 2.04. The molecule has 0 bridgehead atoms. The Kier molecular flexibility index (Phi) is 5.00. The highest BCUT2D eigenvalue weighted by molar-refractivity contribution is 5.32. The molecule has 1 aliphatic heterocycles. The van der Waals surface area contributed by atoms with Gasteiger partial charge in [0.15, 0.2) is 0 Å². The van der Waals surface area contributed by atoms with Crippen LogP contribution in [-0.2, 0) is 16.6 Å². The number of benzene rings is 1. The van der Waals surface area contributed by atoms with E-state index in [0.29, 0.717) is 5.92 Å². The maximum absolute atomic E-state index is 5.57. The second kappa shape index (κ2) is 6.53. The van der Waals surface area contributed by atoms with E-state index in [-0.39, 0.29) is 5.41 Å². The van der Waals surface area contributed by atoms with Gasteiger partial charge in [-0.1, -0.05) is 51.0 Å². The van der Waals surface area contributed by atoms with E-state index >= 15 is 0 Å². The van der Waals surface area contributed by atoms with Crippen molar-refractivity contribution in [3.8, 4) is 0 Å². The van der Waals surface area contributed by atoms with E-state index < -0.39 is 0 Å². The Morgan fingerprint density at radius 2 is 1.89 bits per heavy atom. The minimum Gasteiger partial charge on any atom is -0.379 e. The van der Waals surface area contributed by atoms with E-state index in [9.17, 15) is 0 Å². The summed E-state index contributed by atoms with van der Waals surface area (Å²) in [5, 5.41) is 3.34. The molecule has 2 nitrogen and oxygen atoms in total. The molecule has 1 heterocycles. The number of rotatable bonds is 7. The van der Waals surface area contributed by atoms with Gasteiger partial charge in [0.2, 0.25) is 0 Å². The third kappa shape index (κ3) is 2.85. The monoisotopic (exact) mass is 261 g/mol. The molecule has 0 radical (unpaired) electrons. The van der Waals surface area contributed by atoms with Gasteiger partial charge >= 0.3 is 0 Å². The Morgan fingerprint density at radius 3 is 2.32 bits per heavy atom. The summed E-state index contributed by atoms with van der Waals surface area (Å²) in [6, 6.07) is 9.24. The summed E-state index contributed by atoms with van der Waals surface area (Å²) in [6.45, 7) is 7.33. The third-order valence-corrected chi connectivity index (χ3v) is 4.51. The molecule has 0 spiro atoms. The average Bonchev–Trinajstić information content (AvgIpc) is 2.38. The predicted octanol–water partition coefficient (Wildman–Crippen LogP) is 3.15. The van der Waals surface area contributed by atoms with Gasteiger partial charge < -0.3 is 10.1 Å². The minimum absolute atomic E-state index is 0.239. The smallest absolute Gasteiger partial charge is 0.0588 e. The van der Waals surface area contributed by atoms with Gasteiger partial charge in [-0.15, -0.1) is 0 Å². The summed E-state index contributed by atoms with van der Waals surface area (Å²) in [5.41, 5.74) is 3.15. The van der Waals surface area contributed by atoms with Crippen molar-refractivity contribution < 1.29 is 4.74 Å². The van der Waals surface area contributed by atoms with Crippen LogP contribution in [0.2, 0.25) is 0 Å². The van der Waals surface area contributed by atoms with Gasteiger partial charge in [-0.2, -0.15) is 0 Å². The molecule has 1 saturated heterocycles. The first-order valence-electron chi connectivity index (χ1n) is 7.58. The molecule has 19 heavy (non-hydrogen) atoms. The van der Waals surface area contributed by atoms with E-state index in [1.165, 1.54) is 30.4 Å². The van der Waals surface area contributed by atoms with Crippen LogP contribution >= 0.6 is 0 Å². The fourth-order valence-electron chi connectivity index (χ4n) is 3.23. The van der Waals surface area contributed by atoms with Gasteiger partial charge in [0, 0.05) is 5.41 Å². The molecule has 2 rings (SSSR count).